The number of benzene rings is 2. The smallest absolute Gasteiger partial charge is 0.336 e. The van der Waals surface area contributed by atoms with Crippen LogP contribution in [0.25, 0.3) is 11.6 Å². The second-order valence-corrected chi connectivity index (χ2v) is 4.83. The number of ether oxygens (including phenoxy) is 2. The zero-order chi connectivity index (χ0) is 16.8. The molecule has 0 heterocycles. The van der Waals surface area contributed by atoms with Crippen molar-refractivity contribution in [2.24, 2.45) is 0 Å². The van der Waals surface area contributed by atoms with Crippen molar-refractivity contribution < 1.29 is 19.4 Å². The third kappa shape index (κ3) is 4.03. The van der Waals surface area contributed by atoms with Crippen LogP contribution in [0.4, 0.5) is 5.69 Å². The first-order valence-corrected chi connectivity index (χ1v) is 7.17. The second-order valence-electron chi connectivity index (χ2n) is 4.83. The van der Waals surface area contributed by atoms with E-state index in [4.69, 9.17) is 15.2 Å². The van der Waals surface area contributed by atoms with Crippen molar-refractivity contribution >= 4 is 23.3 Å². The van der Waals surface area contributed by atoms with Crippen LogP contribution in [-0.4, -0.2) is 24.8 Å². The molecule has 0 amide bonds. The van der Waals surface area contributed by atoms with Gasteiger partial charge in [-0.05, 0) is 48.4 Å². The Kier molecular flexibility index (Phi) is 5.25. The molecular formula is C18H19NO4. The van der Waals surface area contributed by atoms with Gasteiger partial charge in [0, 0.05) is 5.69 Å². The summed E-state index contributed by atoms with van der Waals surface area (Å²) in [5.41, 5.74) is 7.69. The highest BCUT2D eigenvalue weighted by atomic mass is 16.5. The van der Waals surface area contributed by atoms with Gasteiger partial charge in [-0.3, -0.25) is 0 Å². The molecule has 23 heavy (non-hydrogen) atoms. The van der Waals surface area contributed by atoms with Crippen molar-refractivity contribution in [1.29, 1.82) is 0 Å². The summed E-state index contributed by atoms with van der Waals surface area (Å²) in [5.74, 6) is 0.168. The molecule has 0 atom stereocenters. The van der Waals surface area contributed by atoms with Gasteiger partial charge >= 0.3 is 5.97 Å². The van der Waals surface area contributed by atoms with Gasteiger partial charge in [0.1, 0.15) is 0 Å². The SMILES string of the molecule is CCOc1ccc(/C=C(\C(=O)O)c2ccc(N)cc2)cc1OC. The Morgan fingerprint density at radius 1 is 1.17 bits per heavy atom. The van der Waals surface area contributed by atoms with Crippen molar-refractivity contribution in [2.75, 3.05) is 19.5 Å². The van der Waals surface area contributed by atoms with E-state index >= 15 is 0 Å². The molecule has 0 bridgehead atoms. The zero-order valence-corrected chi connectivity index (χ0v) is 13.1. The summed E-state index contributed by atoms with van der Waals surface area (Å²) in [4.78, 5) is 11.6. The quantitative estimate of drug-likeness (QED) is 0.486. The predicted molar refractivity (Wildman–Crippen MR) is 90.5 cm³/mol. The van der Waals surface area contributed by atoms with Crippen LogP contribution in [0.2, 0.25) is 0 Å². The number of methoxy groups -OCH3 is 1. The van der Waals surface area contributed by atoms with Crippen LogP contribution in [0.15, 0.2) is 42.5 Å². The Hall–Kier alpha value is -2.95. The molecule has 2 aromatic carbocycles. The number of hydrogen-bond donors (Lipinski definition) is 2. The third-order valence-corrected chi connectivity index (χ3v) is 3.25. The van der Waals surface area contributed by atoms with Crippen LogP contribution >= 0.6 is 0 Å². The molecule has 0 aliphatic rings. The Morgan fingerprint density at radius 2 is 1.87 bits per heavy atom. The van der Waals surface area contributed by atoms with Crippen LogP contribution in [0.1, 0.15) is 18.1 Å². The van der Waals surface area contributed by atoms with Gasteiger partial charge in [-0.2, -0.15) is 0 Å². The molecule has 0 fully saturated rings. The van der Waals surface area contributed by atoms with E-state index in [9.17, 15) is 9.90 Å². The molecule has 0 aromatic heterocycles. The number of carboxylic acids is 1. The number of nitrogen functional groups attached to an aromatic ring is 1. The minimum Gasteiger partial charge on any atom is -0.493 e. The lowest BCUT2D eigenvalue weighted by molar-refractivity contribution is -0.130. The van der Waals surface area contributed by atoms with Crippen LogP contribution in [0.3, 0.4) is 0 Å². The zero-order valence-electron chi connectivity index (χ0n) is 13.1. The van der Waals surface area contributed by atoms with E-state index in [1.807, 2.05) is 6.92 Å². The first kappa shape index (κ1) is 16.4. The topological polar surface area (TPSA) is 81.8 Å². The molecule has 0 unspecified atom stereocenters. The van der Waals surface area contributed by atoms with Gasteiger partial charge in [-0.25, -0.2) is 4.79 Å². The summed E-state index contributed by atoms with van der Waals surface area (Å²) >= 11 is 0. The molecule has 0 aliphatic carbocycles. The number of carbonyl (C=O) groups is 1. The fourth-order valence-corrected chi connectivity index (χ4v) is 2.15. The summed E-state index contributed by atoms with van der Waals surface area (Å²) in [5, 5.41) is 9.47. The Bertz CT molecular complexity index is 720. The number of rotatable bonds is 6. The van der Waals surface area contributed by atoms with Crippen molar-refractivity contribution in [3.8, 4) is 11.5 Å². The average Bonchev–Trinajstić information content (AvgIpc) is 2.54. The largest absolute Gasteiger partial charge is 0.493 e. The van der Waals surface area contributed by atoms with E-state index in [0.29, 0.717) is 34.9 Å². The highest BCUT2D eigenvalue weighted by Gasteiger charge is 2.11. The van der Waals surface area contributed by atoms with Crippen LogP contribution in [-0.2, 0) is 4.79 Å². The molecule has 0 saturated carbocycles. The van der Waals surface area contributed by atoms with Crippen LogP contribution in [0, 0.1) is 0 Å². The van der Waals surface area contributed by atoms with E-state index in [-0.39, 0.29) is 5.57 Å². The third-order valence-electron chi connectivity index (χ3n) is 3.25. The number of nitrogens with two attached hydrogens (primary N) is 1. The van der Waals surface area contributed by atoms with Crippen LogP contribution in [0.5, 0.6) is 11.5 Å². The Labute approximate surface area is 135 Å². The summed E-state index contributed by atoms with van der Waals surface area (Å²) in [6.45, 7) is 2.41. The van der Waals surface area contributed by atoms with Gasteiger partial charge in [0.2, 0.25) is 0 Å². The highest BCUT2D eigenvalue weighted by molar-refractivity contribution is 6.20. The molecule has 5 heteroatoms. The molecule has 120 valence electrons. The van der Waals surface area contributed by atoms with Crippen molar-refractivity contribution in [1.82, 2.24) is 0 Å². The molecule has 0 radical (unpaired) electrons. The summed E-state index contributed by atoms with van der Waals surface area (Å²) in [7, 11) is 1.55. The van der Waals surface area contributed by atoms with E-state index in [0.717, 1.165) is 0 Å². The van der Waals surface area contributed by atoms with Gasteiger partial charge < -0.3 is 20.3 Å². The number of carboxylic acid groups (broad SMARTS) is 1. The summed E-state index contributed by atoms with van der Waals surface area (Å²) in [6, 6.07) is 12.0. The maximum absolute atomic E-state index is 11.6. The first-order valence-electron chi connectivity index (χ1n) is 7.17. The maximum atomic E-state index is 11.6. The lowest BCUT2D eigenvalue weighted by atomic mass is 10.0. The number of anilines is 1. The van der Waals surface area contributed by atoms with Crippen molar-refractivity contribution in [3.05, 3.63) is 53.6 Å². The molecule has 0 spiro atoms. The van der Waals surface area contributed by atoms with Gasteiger partial charge in [0.25, 0.3) is 0 Å². The minimum absolute atomic E-state index is 0.177. The number of aliphatic carboxylic acids is 1. The van der Waals surface area contributed by atoms with E-state index < -0.39 is 5.97 Å². The fraction of sp³-hybridized carbons (Fsp3) is 0.167. The second kappa shape index (κ2) is 7.35. The molecular weight excluding hydrogens is 294 g/mol. The molecule has 0 saturated heterocycles. The maximum Gasteiger partial charge on any atom is 0.336 e. The molecule has 5 nitrogen and oxygen atoms in total. The van der Waals surface area contributed by atoms with E-state index in [1.54, 1.807) is 55.7 Å². The average molecular weight is 313 g/mol. The van der Waals surface area contributed by atoms with E-state index in [2.05, 4.69) is 0 Å². The number of hydrogen-bond acceptors (Lipinski definition) is 4. The highest BCUT2D eigenvalue weighted by Crippen LogP contribution is 2.30. The van der Waals surface area contributed by atoms with E-state index in [1.165, 1.54) is 0 Å². The van der Waals surface area contributed by atoms with Gasteiger partial charge in [0.15, 0.2) is 11.5 Å². The fourth-order valence-electron chi connectivity index (χ4n) is 2.15. The molecule has 3 N–H and O–H groups in total. The normalized spacial score (nSPS) is 11.1. The predicted octanol–water partition coefficient (Wildman–Crippen LogP) is 3.30. The van der Waals surface area contributed by atoms with Gasteiger partial charge in [-0.1, -0.05) is 18.2 Å². The lowest BCUT2D eigenvalue weighted by Gasteiger charge is -2.10. The van der Waals surface area contributed by atoms with Gasteiger partial charge in [-0.15, -0.1) is 0 Å². The molecule has 0 aliphatic heterocycles. The lowest BCUT2D eigenvalue weighted by Crippen LogP contribution is -2.00. The summed E-state index contributed by atoms with van der Waals surface area (Å²) < 4.78 is 10.7. The minimum atomic E-state index is -1.01. The Morgan fingerprint density at radius 3 is 2.43 bits per heavy atom. The monoisotopic (exact) mass is 313 g/mol. The first-order chi connectivity index (χ1) is 11.0. The Balaban J connectivity index is 2.43. The van der Waals surface area contributed by atoms with Crippen molar-refractivity contribution in [2.45, 2.75) is 6.92 Å². The van der Waals surface area contributed by atoms with Crippen molar-refractivity contribution in [3.63, 3.8) is 0 Å². The molecule has 2 aromatic rings. The van der Waals surface area contributed by atoms with Gasteiger partial charge in [0.05, 0.1) is 19.3 Å². The standard InChI is InChI=1S/C18H19NO4/c1-3-23-16-9-4-12(11-17(16)22-2)10-15(18(20)21)13-5-7-14(19)8-6-13/h4-11H,3,19H2,1-2H3,(H,20,21)/b15-10-. The molecule has 2 rings (SSSR count). The van der Waals surface area contributed by atoms with Crippen LogP contribution < -0.4 is 15.2 Å². The summed E-state index contributed by atoms with van der Waals surface area (Å²) in [6.07, 6.45) is 1.59.